The fourth-order valence-corrected chi connectivity index (χ4v) is 5.13. The minimum Gasteiger partial charge on any atom is -0.447 e. The van der Waals surface area contributed by atoms with Crippen molar-refractivity contribution < 1.29 is 19.0 Å². The van der Waals surface area contributed by atoms with Crippen LogP contribution in [0, 0.1) is 5.92 Å². The van der Waals surface area contributed by atoms with Gasteiger partial charge in [-0.05, 0) is 71.6 Å². The van der Waals surface area contributed by atoms with E-state index in [0.29, 0.717) is 49.5 Å². The second kappa shape index (κ2) is 15.1. The fraction of sp³-hybridized carbons (Fsp3) is 0.724. The molecule has 1 amide bonds. The lowest BCUT2D eigenvalue weighted by atomic mass is 9.91. The molecule has 12 heteroatoms. The van der Waals surface area contributed by atoms with Crippen LogP contribution in [0.25, 0.3) is 11.3 Å². The van der Waals surface area contributed by atoms with Crippen molar-refractivity contribution in [1.29, 1.82) is 0 Å². The van der Waals surface area contributed by atoms with Gasteiger partial charge < -0.3 is 30.2 Å². The normalized spacial score (nSPS) is 19.2. The van der Waals surface area contributed by atoms with E-state index in [0.717, 1.165) is 55.8 Å². The predicted octanol–water partition coefficient (Wildman–Crippen LogP) is 4.35. The topological polar surface area (TPSA) is 124 Å². The van der Waals surface area contributed by atoms with Gasteiger partial charge in [-0.2, -0.15) is 5.10 Å². The number of nitrogens with zero attached hydrogens (tertiary/aromatic N) is 4. The number of carbonyl (C=O) groups is 1. The minimum atomic E-state index is -0.431. The average Bonchev–Trinajstić information content (AvgIpc) is 3.67. The molecule has 0 saturated heterocycles. The Morgan fingerprint density at radius 3 is 2.39 bits per heavy atom. The summed E-state index contributed by atoms with van der Waals surface area (Å²) in [6.45, 7) is 8.70. The summed E-state index contributed by atoms with van der Waals surface area (Å²) in [6, 6.07) is 0.810. The van der Waals surface area contributed by atoms with E-state index in [9.17, 15) is 4.79 Å². The van der Waals surface area contributed by atoms with Crippen molar-refractivity contribution in [2.45, 2.75) is 83.3 Å². The molecule has 2 saturated carbocycles. The van der Waals surface area contributed by atoms with Crippen molar-refractivity contribution in [1.82, 2.24) is 30.4 Å². The Bertz CT molecular complexity index is 1110. The van der Waals surface area contributed by atoms with E-state index in [2.05, 4.69) is 26.0 Å². The first-order valence-corrected chi connectivity index (χ1v) is 15.2. The molecule has 0 radical (unpaired) electrons. The van der Waals surface area contributed by atoms with E-state index < -0.39 is 6.09 Å². The summed E-state index contributed by atoms with van der Waals surface area (Å²) in [6.07, 6.45) is 11.0. The molecule has 4 rings (SSSR count). The molecule has 0 unspecified atom stereocenters. The lowest BCUT2D eigenvalue weighted by Gasteiger charge is -2.29. The average molecular weight is 592 g/mol. The molecule has 0 atom stereocenters. The molecule has 0 aliphatic heterocycles. The number of alkyl carbamates (subject to hydrolysis) is 1. The smallest absolute Gasteiger partial charge is 0.407 e. The highest BCUT2D eigenvalue weighted by atomic mass is 35.5. The van der Waals surface area contributed by atoms with Crippen molar-refractivity contribution in [3.8, 4) is 11.3 Å². The molecule has 41 heavy (non-hydrogen) atoms. The lowest BCUT2D eigenvalue weighted by Crippen LogP contribution is -2.41. The van der Waals surface area contributed by atoms with Gasteiger partial charge in [0.05, 0.1) is 49.5 Å². The highest BCUT2D eigenvalue weighted by molar-refractivity contribution is 6.32. The van der Waals surface area contributed by atoms with Crippen LogP contribution in [-0.2, 0) is 27.7 Å². The molecule has 2 aliphatic carbocycles. The summed E-state index contributed by atoms with van der Waals surface area (Å²) < 4.78 is 18.1. The van der Waals surface area contributed by atoms with E-state index in [-0.39, 0.29) is 12.1 Å². The highest BCUT2D eigenvalue weighted by Gasteiger charge is 2.27. The van der Waals surface area contributed by atoms with Gasteiger partial charge in [-0.15, -0.1) is 0 Å². The van der Waals surface area contributed by atoms with Gasteiger partial charge in [0.15, 0.2) is 0 Å². The molecule has 2 fully saturated rings. The van der Waals surface area contributed by atoms with Crippen LogP contribution in [0.3, 0.4) is 0 Å². The number of hydrogen-bond donors (Lipinski definition) is 3. The van der Waals surface area contributed by atoms with Crippen molar-refractivity contribution in [2.24, 2.45) is 13.0 Å². The predicted molar refractivity (Wildman–Crippen MR) is 159 cm³/mol. The summed E-state index contributed by atoms with van der Waals surface area (Å²) in [7, 11) is 1.99. The van der Waals surface area contributed by atoms with Gasteiger partial charge in [-0.3, -0.25) is 4.68 Å². The first kappa shape index (κ1) is 31.5. The largest absolute Gasteiger partial charge is 0.447 e. The SMILES string of the molecule is Cn1ncc(-c2nc(NC3CCC(NCCOCCOCCOC(=O)NC(C)(C)C)CC3)ncc2Cl)c1CC1CC1. The minimum absolute atomic E-state index is 0.220. The van der Waals surface area contributed by atoms with Gasteiger partial charge in [0, 0.05) is 42.5 Å². The molecule has 3 N–H and O–H groups in total. The van der Waals surface area contributed by atoms with Crippen molar-refractivity contribution in [3.05, 3.63) is 23.1 Å². The zero-order valence-electron chi connectivity index (χ0n) is 24.9. The molecule has 2 aromatic rings. The summed E-state index contributed by atoms with van der Waals surface area (Å²) in [5.41, 5.74) is 2.64. The summed E-state index contributed by atoms with van der Waals surface area (Å²) in [4.78, 5) is 20.8. The lowest BCUT2D eigenvalue weighted by molar-refractivity contribution is 0.0275. The standard InChI is InChI=1S/C29H46ClN7O4/c1-29(2,3)36-28(38)41-16-15-40-14-13-39-12-11-31-21-7-9-22(10-8-21)34-27-32-19-24(30)26(35-27)23-18-33-37(4)25(23)17-20-5-6-20/h18-22,31H,5-17H2,1-4H3,(H,36,38)(H,32,34,35). The molecule has 2 heterocycles. The molecule has 2 aromatic heterocycles. The number of rotatable bonds is 15. The quantitative estimate of drug-likeness (QED) is 0.259. The number of aromatic nitrogens is 4. The van der Waals surface area contributed by atoms with Gasteiger partial charge in [0.25, 0.3) is 0 Å². The molecule has 0 spiro atoms. The van der Waals surface area contributed by atoms with Crippen LogP contribution >= 0.6 is 11.6 Å². The van der Waals surface area contributed by atoms with E-state index >= 15 is 0 Å². The Morgan fingerprint density at radius 2 is 1.68 bits per heavy atom. The van der Waals surface area contributed by atoms with E-state index in [1.807, 2.05) is 38.7 Å². The molecular weight excluding hydrogens is 546 g/mol. The van der Waals surface area contributed by atoms with Crippen LogP contribution in [-0.4, -0.2) is 83.0 Å². The summed E-state index contributed by atoms with van der Waals surface area (Å²) in [5.74, 6) is 1.37. The number of carbonyl (C=O) groups excluding carboxylic acids is 1. The van der Waals surface area contributed by atoms with Crippen molar-refractivity contribution in [3.63, 3.8) is 0 Å². The van der Waals surface area contributed by atoms with Crippen molar-refractivity contribution in [2.75, 3.05) is 44.9 Å². The number of anilines is 1. The number of hydrogen-bond acceptors (Lipinski definition) is 9. The zero-order chi connectivity index (χ0) is 29.2. The number of halogens is 1. The van der Waals surface area contributed by atoms with Gasteiger partial charge in [-0.1, -0.05) is 11.6 Å². The number of aryl methyl sites for hydroxylation is 1. The fourth-order valence-electron chi connectivity index (χ4n) is 4.94. The van der Waals surface area contributed by atoms with E-state index in [1.54, 1.807) is 6.20 Å². The molecule has 11 nitrogen and oxygen atoms in total. The Kier molecular flexibility index (Phi) is 11.6. The summed E-state index contributed by atoms with van der Waals surface area (Å²) in [5, 5.41) is 14.9. The monoisotopic (exact) mass is 591 g/mol. The maximum absolute atomic E-state index is 11.6. The third-order valence-corrected chi connectivity index (χ3v) is 7.57. The third kappa shape index (κ3) is 10.7. The van der Waals surface area contributed by atoms with Crippen molar-refractivity contribution >= 4 is 23.6 Å². The number of nitrogens with one attached hydrogen (secondary N) is 3. The van der Waals surface area contributed by atoms with Crippen LogP contribution < -0.4 is 16.0 Å². The van der Waals surface area contributed by atoms with Crippen LogP contribution in [0.5, 0.6) is 0 Å². The van der Waals surface area contributed by atoms with Crippen LogP contribution in [0.2, 0.25) is 5.02 Å². The third-order valence-electron chi connectivity index (χ3n) is 7.29. The van der Waals surface area contributed by atoms with E-state index in [4.69, 9.17) is 30.8 Å². The van der Waals surface area contributed by atoms with Crippen LogP contribution in [0.15, 0.2) is 12.4 Å². The Labute approximate surface area is 248 Å². The molecule has 228 valence electrons. The maximum Gasteiger partial charge on any atom is 0.407 e. The first-order valence-electron chi connectivity index (χ1n) is 14.8. The molecular formula is C29H46ClN7O4. The van der Waals surface area contributed by atoms with Gasteiger partial charge in [0.2, 0.25) is 5.95 Å². The Hall–Kier alpha value is -2.47. The van der Waals surface area contributed by atoms with Gasteiger partial charge >= 0.3 is 6.09 Å². The van der Waals surface area contributed by atoms with E-state index in [1.165, 1.54) is 18.5 Å². The zero-order valence-corrected chi connectivity index (χ0v) is 25.6. The Balaban J connectivity index is 1.07. The Morgan fingerprint density at radius 1 is 1.00 bits per heavy atom. The molecule has 2 aliphatic rings. The summed E-state index contributed by atoms with van der Waals surface area (Å²) >= 11 is 6.53. The second-order valence-electron chi connectivity index (χ2n) is 12.0. The van der Waals surface area contributed by atoms with Gasteiger partial charge in [-0.25, -0.2) is 14.8 Å². The van der Waals surface area contributed by atoms with Crippen LogP contribution in [0.1, 0.15) is 65.0 Å². The second-order valence-corrected chi connectivity index (χ2v) is 12.5. The van der Waals surface area contributed by atoms with Crippen LogP contribution in [0.4, 0.5) is 10.7 Å². The highest BCUT2D eigenvalue weighted by Crippen LogP contribution is 2.37. The molecule has 0 aromatic carbocycles. The maximum atomic E-state index is 11.6. The van der Waals surface area contributed by atoms with Gasteiger partial charge in [0.1, 0.15) is 6.61 Å². The number of amides is 1. The molecule has 0 bridgehead atoms. The number of ether oxygens (including phenoxy) is 3. The first-order chi connectivity index (χ1) is 19.7.